The number of carbonyl (C=O) groups excluding carboxylic acids is 1. The number of nitrogens with one attached hydrogen (secondary N) is 1. The number of amides is 1. The van der Waals surface area contributed by atoms with Crippen LogP contribution in [0.1, 0.15) is 16.1 Å². The minimum atomic E-state index is -4.77. The van der Waals surface area contributed by atoms with Gasteiger partial charge in [-0.05, 0) is 12.1 Å². The molecular weight excluding hydrogens is 327 g/mol. The molecule has 3 rings (SSSR count). The summed E-state index contributed by atoms with van der Waals surface area (Å²) in [6.45, 7) is 1.44. The molecule has 0 aliphatic carbocycles. The second-order valence-electron chi connectivity index (χ2n) is 5.13. The Bertz CT molecular complexity index is 710. The van der Waals surface area contributed by atoms with Crippen LogP contribution in [0, 0.1) is 0 Å². The van der Waals surface area contributed by atoms with Gasteiger partial charge in [-0.1, -0.05) is 23.4 Å². The molecule has 2 aromatic rings. The zero-order chi connectivity index (χ0) is 17.2. The fourth-order valence-corrected chi connectivity index (χ4v) is 2.35. The third-order valence-corrected chi connectivity index (χ3v) is 3.52. The molecule has 1 aromatic carbocycles. The average Bonchev–Trinajstić information content (AvgIpc) is 3.00. The Balaban J connectivity index is 1.94. The zero-order valence-corrected chi connectivity index (χ0v) is 12.5. The maximum atomic E-state index is 13.2. The molecule has 0 radical (unpaired) electrons. The van der Waals surface area contributed by atoms with Crippen molar-refractivity contribution in [2.45, 2.75) is 6.18 Å². The molecule has 2 heterocycles. The highest BCUT2D eigenvalue weighted by molar-refractivity contribution is 6.06. The first kappa shape index (κ1) is 16.3. The van der Waals surface area contributed by atoms with Crippen molar-refractivity contribution in [3.63, 3.8) is 0 Å². The van der Waals surface area contributed by atoms with Gasteiger partial charge in [-0.15, -0.1) is 0 Å². The van der Waals surface area contributed by atoms with Crippen LogP contribution in [-0.2, 0) is 10.9 Å². The average molecular weight is 341 g/mol. The lowest BCUT2D eigenvalue weighted by atomic mass is 10.2. The van der Waals surface area contributed by atoms with Gasteiger partial charge < -0.3 is 19.5 Å². The highest BCUT2D eigenvalue weighted by Gasteiger charge is 2.42. The molecule has 0 atom stereocenters. The SMILES string of the molecule is O=C(Nc1c(N2CCOCC2)noc1C(F)(F)F)c1ccccc1. The normalized spacial score (nSPS) is 15.4. The van der Waals surface area contributed by atoms with Gasteiger partial charge in [0.1, 0.15) is 5.69 Å². The van der Waals surface area contributed by atoms with Gasteiger partial charge in [-0.25, -0.2) is 0 Å². The van der Waals surface area contributed by atoms with E-state index in [1.54, 1.807) is 23.1 Å². The second kappa shape index (κ2) is 6.52. The molecule has 6 nitrogen and oxygen atoms in total. The number of alkyl halides is 3. The van der Waals surface area contributed by atoms with E-state index < -0.39 is 23.5 Å². The molecule has 24 heavy (non-hydrogen) atoms. The number of rotatable bonds is 3. The topological polar surface area (TPSA) is 67.6 Å². The number of anilines is 2. The summed E-state index contributed by atoms with van der Waals surface area (Å²) in [7, 11) is 0. The molecular formula is C15H14F3N3O3. The van der Waals surface area contributed by atoms with E-state index in [2.05, 4.69) is 15.0 Å². The van der Waals surface area contributed by atoms with E-state index in [0.29, 0.717) is 26.3 Å². The lowest BCUT2D eigenvalue weighted by Crippen LogP contribution is -2.37. The van der Waals surface area contributed by atoms with E-state index in [1.165, 1.54) is 12.1 Å². The lowest BCUT2D eigenvalue weighted by molar-refractivity contribution is -0.154. The maximum absolute atomic E-state index is 13.2. The molecule has 1 aliphatic heterocycles. The monoisotopic (exact) mass is 341 g/mol. The van der Waals surface area contributed by atoms with Crippen molar-refractivity contribution >= 4 is 17.4 Å². The largest absolute Gasteiger partial charge is 0.454 e. The predicted octanol–water partition coefficient (Wildman–Crippen LogP) is 2.78. The van der Waals surface area contributed by atoms with Crippen LogP contribution in [0.25, 0.3) is 0 Å². The molecule has 1 amide bonds. The highest BCUT2D eigenvalue weighted by atomic mass is 19.4. The van der Waals surface area contributed by atoms with Crippen LogP contribution < -0.4 is 10.2 Å². The van der Waals surface area contributed by atoms with Gasteiger partial charge in [-0.3, -0.25) is 4.79 Å². The van der Waals surface area contributed by atoms with Gasteiger partial charge in [0.05, 0.1) is 13.2 Å². The van der Waals surface area contributed by atoms with Gasteiger partial charge in [0.25, 0.3) is 11.7 Å². The van der Waals surface area contributed by atoms with Crippen molar-refractivity contribution in [2.75, 3.05) is 36.5 Å². The van der Waals surface area contributed by atoms with Crippen LogP contribution in [0.5, 0.6) is 0 Å². The number of hydrogen-bond acceptors (Lipinski definition) is 5. The Morgan fingerprint density at radius 3 is 2.46 bits per heavy atom. The quantitative estimate of drug-likeness (QED) is 0.930. The molecule has 1 fully saturated rings. The van der Waals surface area contributed by atoms with Crippen LogP contribution in [0.2, 0.25) is 0 Å². The number of benzene rings is 1. The summed E-state index contributed by atoms with van der Waals surface area (Å²) in [5.74, 6) is -2.04. The van der Waals surface area contributed by atoms with Crippen LogP contribution in [-0.4, -0.2) is 37.4 Å². The molecule has 0 unspecified atom stereocenters. The van der Waals surface area contributed by atoms with Crippen LogP contribution >= 0.6 is 0 Å². The van der Waals surface area contributed by atoms with Crippen molar-refractivity contribution in [1.29, 1.82) is 0 Å². The molecule has 128 valence electrons. The summed E-state index contributed by atoms with van der Waals surface area (Å²) in [6.07, 6.45) is -4.77. The number of aromatic nitrogens is 1. The minimum absolute atomic E-state index is 0.0464. The van der Waals surface area contributed by atoms with Gasteiger partial charge in [-0.2, -0.15) is 13.2 Å². The number of ether oxygens (including phenoxy) is 1. The minimum Gasteiger partial charge on any atom is -0.378 e. The second-order valence-corrected chi connectivity index (χ2v) is 5.13. The summed E-state index contributed by atoms with van der Waals surface area (Å²) < 4.78 is 49.1. The first-order valence-corrected chi connectivity index (χ1v) is 7.23. The Kier molecular flexibility index (Phi) is 4.43. The van der Waals surface area contributed by atoms with Crippen molar-refractivity contribution in [3.05, 3.63) is 41.7 Å². The van der Waals surface area contributed by atoms with Crippen molar-refractivity contribution in [2.24, 2.45) is 0 Å². The Labute approximate surface area is 135 Å². The number of nitrogens with zero attached hydrogens (tertiary/aromatic N) is 2. The molecule has 1 N–H and O–H groups in total. The van der Waals surface area contributed by atoms with E-state index in [0.717, 1.165) is 0 Å². The fourth-order valence-electron chi connectivity index (χ4n) is 2.35. The fraction of sp³-hybridized carbons (Fsp3) is 0.333. The van der Waals surface area contributed by atoms with Gasteiger partial charge in [0, 0.05) is 18.7 Å². The van der Waals surface area contributed by atoms with Crippen LogP contribution in [0.4, 0.5) is 24.7 Å². The number of morpholine rings is 1. The summed E-state index contributed by atoms with van der Waals surface area (Å²) in [5, 5.41) is 5.80. The van der Waals surface area contributed by atoms with E-state index >= 15 is 0 Å². The summed E-state index contributed by atoms with van der Waals surface area (Å²) >= 11 is 0. The van der Waals surface area contributed by atoms with Crippen molar-refractivity contribution in [3.8, 4) is 0 Å². The summed E-state index contributed by atoms with van der Waals surface area (Å²) in [5.41, 5.74) is -0.238. The van der Waals surface area contributed by atoms with Crippen molar-refractivity contribution < 1.29 is 27.2 Å². The van der Waals surface area contributed by atoms with Crippen LogP contribution in [0.15, 0.2) is 34.9 Å². The van der Waals surface area contributed by atoms with Gasteiger partial charge in [0.2, 0.25) is 0 Å². The molecule has 1 saturated heterocycles. The number of hydrogen-bond donors (Lipinski definition) is 1. The Morgan fingerprint density at radius 1 is 1.17 bits per heavy atom. The summed E-state index contributed by atoms with van der Waals surface area (Å²) in [4.78, 5) is 13.8. The van der Waals surface area contributed by atoms with Crippen LogP contribution in [0.3, 0.4) is 0 Å². The number of carbonyl (C=O) groups is 1. The van der Waals surface area contributed by atoms with E-state index in [9.17, 15) is 18.0 Å². The zero-order valence-electron chi connectivity index (χ0n) is 12.5. The first-order valence-electron chi connectivity index (χ1n) is 7.23. The number of halogens is 3. The standard InChI is InChI=1S/C15H14F3N3O3/c16-15(17,18)12-11(19-14(22)10-4-2-1-3-5-10)13(20-24-12)21-6-8-23-9-7-21/h1-5H,6-9H2,(H,19,22). The lowest BCUT2D eigenvalue weighted by Gasteiger charge is -2.27. The highest BCUT2D eigenvalue weighted by Crippen LogP contribution is 2.40. The predicted molar refractivity (Wildman–Crippen MR) is 78.9 cm³/mol. The smallest absolute Gasteiger partial charge is 0.378 e. The molecule has 1 aliphatic rings. The van der Waals surface area contributed by atoms with E-state index in [-0.39, 0.29) is 11.4 Å². The van der Waals surface area contributed by atoms with Gasteiger partial charge >= 0.3 is 6.18 Å². The van der Waals surface area contributed by atoms with Gasteiger partial charge in [0.15, 0.2) is 5.82 Å². The van der Waals surface area contributed by atoms with E-state index in [4.69, 9.17) is 4.74 Å². The molecule has 1 aromatic heterocycles. The van der Waals surface area contributed by atoms with E-state index in [1.807, 2.05) is 0 Å². The Hall–Kier alpha value is -2.55. The van der Waals surface area contributed by atoms with Crippen molar-refractivity contribution in [1.82, 2.24) is 5.16 Å². The first-order chi connectivity index (χ1) is 11.5. The third kappa shape index (κ3) is 3.35. The molecule has 9 heteroatoms. The summed E-state index contributed by atoms with van der Waals surface area (Å²) in [6, 6.07) is 7.96. The molecule has 0 saturated carbocycles. The molecule has 0 bridgehead atoms. The molecule has 0 spiro atoms. The maximum Gasteiger partial charge on any atom is 0.454 e. The Morgan fingerprint density at radius 2 is 1.83 bits per heavy atom. The third-order valence-electron chi connectivity index (χ3n) is 3.52.